The van der Waals surface area contributed by atoms with E-state index in [0.717, 1.165) is 39.4 Å². The Balaban J connectivity index is 1.58. The summed E-state index contributed by atoms with van der Waals surface area (Å²) in [6.07, 6.45) is 2.87. The van der Waals surface area contributed by atoms with E-state index in [1.54, 1.807) is 17.5 Å². The number of aryl methyl sites for hydroxylation is 3. The Kier molecular flexibility index (Phi) is 6.15. The third-order valence-corrected chi connectivity index (χ3v) is 7.87. The maximum Gasteiger partial charge on any atom is 0.255 e. The van der Waals surface area contributed by atoms with Gasteiger partial charge in [-0.3, -0.25) is 9.59 Å². The number of Topliss-reactive ketones (excluding diaryl/α,β-unsaturated/α-hetero) is 1. The maximum atomic E-state index is 13.7. The van der Waals surface area contributed by atoms with Gasteiger partial charge >= 0.3 is 0 Å². The molecule has 178 valence electrons. The van der Waals surface area contributed by atoms with E-state index in [1.165, 1.54) is 10.4 Å². The average molecular weight is 484 g/mol. The fourth-order valence-electron chi connectivity index (χ4n) is 5.34. The third kappa shape index (κ3) is 4.46. The highest BCUT2D eigenvalue weighted by Crippen LogP contribution is 2.47. The summed E-state index contributed by atoms with van der Waals surface area (Å²) in [4.78, 5) is 34.0. The first-order valence-electron chi connectivity index (χ1n) is 11.9. The number of benzene rings is 1. The van der Waals surface area contributed by atoms with Gasteiger partial charge in [-0.05, 0) is 74.9 Å². The molecule has 2 N–H and O–H groups in total. The van der Waals surface area contributed by atoms with Crippen molar-refractivity contribution in [2.75, 3.05) is 5.32 Å². The molecular weight excluding hydrogens is 454 g/mol. The molecule has 0 spiro atoms. The first-order valence-corrected chi connectivity index (χ1v) is 12.7. The van der Waals surface area contributed by atoms with Crippen LogP contribution in [0.5, 0.6) is 0 Å². The normalized spacial score (nSPS) is 19.9. The third-order valence-electron chi connectivity index (χ3n) is 6.89. The molecule has 6 heteroatoms. The summed E-state index contributed by atoms with van der Waals surface area (Å²) in [5.74, 6) is 0.107. The van der Waals surface area contributed by atoms with Crippen LogP contribution in [0.2, 0.25) is 0 Å². The molecule has 0 unspecified atom stereocenters. The lowest BCUT2D eigenvalue weighted by atomic mass is 9.71. The summed E-state index contributed by atoms with van der Waals surface area (Å²) < 4.78 is 0. The Bertz CT molecular complexity index is 1380. The number of hydrogen-bond acceptors (Lipinski definition) is 5. The van der Waals surface area contributed by atoms with Crippen LogP contribution in [0.1, 0.15) is 58.0 Å². The quantitative estimate of drug-likeness (QED) is 0.473. The number of amides is 1. The lowest BCUT2D eigenvalue weighted by Gasteiger charge is -2.37. The second-order valence-electron chi connectivity index (χ2n) is 9.47. The summed E-state index contributed by atoms with van der Waals surface area (Å²) in [5, 5.41) is 6.44. The summed E-state index contributed by atoms with van der Waals surface area (Å²) in [5.41, 5.74) is 6.25. The van der Waals surface area contributed by atoms with E-state index < -0.39 is 5.92 Å². The van der Waals surface area contributed by atoms with Crippen LogP contribution in [0.15, 0.2) is 77.3 Å². The van der Waals surface area contributed by atoms with E-state index in [-0.39, 0.29) is 17.6 Å². The molecule has 0 saturated heterocycles. The number of nitrogens with one attached hydrogen (secondary N) is 2. The lowest BCUT2D eigenvalue weighted by Crippen LogP contribution is -2.37. The molecule has 0 saturated carbocycles. The molecule has 3 aromatic rings. The van der Waals surface area contributed by atoms with Crippen molar-refractivity contribution in [2.24, 2.45) is 0 Å². The van der Waals surface area contributed by atoms with Crippen LogP contribution >= 0.6 is 11.3 Å². The van der Waals surface area contributed by atoms with Crippen molar-refractivity contribution in [1.29, 1.82) is 0 Å². The molecule has 3 heterocycles. The molecule has 5 rings (SSSR count). The summed E-state index contributed by atoms with van der Waals surface area (Å²) in [6.45, 7) is 8.03. The Morgan fingerprint density at radius 1 is 1.06 bits per heavy atom. The standard InChI is InChI=1S/C29H29N3O2S/c1-16-10-11-30-25(12-16)32-29(34)26-18(3)31-23-14-21(20-8-6-5-7-9-20)15-24(33)28(23)27(26)22-13-17(2)35-19(22)4/h5-13,21,27,31H,14-15H2,1-4H3,(H,30,32,34)/t21-,27-/m0/s1. The highest BCUT2D eigenvalue weighted by molar-refractivity contribution is 7.12. The molecule has 1 aromatic carbocycles. The molecule has 5 nitrogen and oxygen atoms in total. The molecular formula is C29H29N3O2S. The summed E-state index contributed by atoms with van der Waals surface area (Å²) >= 11 is 1.70. The molecule has 2 aromatic heterocycles. The molecule has 1 aliphatic heterocycles. The first kappa shape index (κ1) is 23.2. The first-order chi connectivity index (χ1) is 16.8. The van der Waals surface area contributed by atoms with Gasteiger partial charge in [-0.2, -0.15) is 0 Å². The predicted molar refractivity (Wildman–Crippen MR) is 140 cm³/mol. The van der Waals surface area contributed by atoms with Crippen molar-refractivity contribution < 1.29 is 9.59 Å². The van der Waals surface area contributed by atoms with E-state index in [4.69, 9.17) is 0 Å². The number of pyridine rings is 1. The minimum atomic E-state index is -0.398. The topological polar surface area (TPSA) is 71.1 Å². The van der Waals surface area contributed by atoms with Gasteiger partial charge in [0.25, 0.3) is 5.91 Å². The number of hydrogen-bond donors (Lipinski definition) is 2. The van der Waals surface area contributed by atoms with Gasteiger partial charge in [0.1, 0.15) is 5.82 Å². The van der Waals surface area contributed by atoms with Crippen molar-refractivity contribution in [3.05, 3.63) is 104 Å². The molecule has 0 bridgehead atoms. The Morgan fingerprint density at radius 3 is 2.51 bits per heavy atom. The van der Waals surface area contributed by atoms with E-state index in [9.17, 15) is 9.59 Å². The summed E-state index contributed by atoms with van der Waals surface area (Å²) in [7, 11) is 0. The van der Waals surface area contributed by atoms with E-state index in [0.29, 0.717) is 17.8 Å². The number of dihydropyridines is 1. The van der Waals surface area contributed by atoms with Gasteiger partial charge in [0.05, 0.1) is 0 Å². The van der Waals surface area contributed by atoms with Gasteiger partial charge in [0.15, 0.2) is 5.78 Å². The molecule has 0 radical (unpaired) electrons. The smallest absolute Gasteiger partial charge is 0.255 e. The van der Waals surface area contributed by atoms with Crippen molar-refractivity contribution in [3.8, 4) is 0 Å². The van der Waals surface area contributed by atoms with Crippen LogP contribution in [0.4, 0.5) is 5.82 Å². The van der Waals surface area contributed by atoms with Crippen molar-refractivity contribution in [2.45, 2.75) is 52.4 Å². The second-order valence-corrected chi connectivity index (χ2v) is 10.9. The number of carbonyl (C=O) groups excluding carboxylic acids is 2. The number of aromatic nitrogens is 1. The SMILES string of the molecule is CC1=C(C(=O)Nc2cc(C)ccn2)[C@H](c2cc(C)sc2C)C2=C(C[C@H](c3ccccc3)CC2=O)N1. The molecule has 1 amide bonds. The van der Waals surface area contributed by atoms with Gasteiger partial charge in [-0.1, -0.05) is 30.3 Å². The van der Waals surface area contributed by atoms with Crippen molar-refractivity contribution >= 4 is 28.8 Å². The largest absolute Gasteiger partial charge is 0.362 e. The minimum Gasteiger partial charge on any atom is -0.362 e. The zero-order chi connectivity index (χ0) is 24.7. The van der Waals surface area contributed by atoms with E-state index in [2.05, 4.69) is 47.7 Å². The number of allylic oxidation sites excluding steroid dienone is 3. The van der Waals surface area contributed by atoms with Crippen molar-refractivity contribution in [3.63, 3.8) is 0 Å². The number of anilines is 1. The molecule has 2 aliphatic rings. The zero-order valence-electron chi connectivity index (χ0n) is 20.4. The number of thiophene rings is 1. The molecule has 2 atom stereocenters. The van der Waals surface area contributed by atoms with Crippen LogP contribution in [0.3, 0.4) is 0 Å². The van der Waals surface area contributed by atoms with Crippen LogP contribution in [-0.2, 0) is 9.59 Å². The second kappa shape index (κ2) is 9.27. The van der Waals surface area contributed by atoms with Crippen LogP contribution in [-0.4, -0.2) is 16.7 Å². The lowest BCUT2D eigenvalue weighted by molar-refractivity contribution is -0.116. The number of ketones is 1. The Morgan fingerprint density at radius 2 is 1.83 bits per heavy atom. The maximum absolute atomic E-state index is 13.7. The zero-order valence-corrected chi connectivity index (χ0v) is 21.3. The van der Waals surface area contributed by atoms with E-state index >= 15 is 0 Å². The molecule has 35 heavy (non-hydrogen) atoms. The van der Waals surface area contributed by atoms with Gasteiger partial charge < -0.3 is 10.6 Å². The Hall–Kier alpha value is -3.51. The number of carbonyl (C=O) groups is 2. The number of rotatable bonds is 4. The van der Waals surface area contributed by atoms with Gasteiger partial charge in [-0.25, -0.2) is 4.98 Å². The fourth-order valence-corrected chi connectivity index (χ4v) is 6.30. The summed E-state index contributed by atoms with van der Waals surface area (Å²) in [6, 6.07) is 16.1. The van der Waals surface area contributed by atoms with Gasteiger partial charge in [0.2, 0.25) is 0 Å². The highest BCUT2D eigenvalue weighted by atomic mass is 32.1. The minimum absolute atomic E-state index is 0.104. The van der Waals surface area contributed by atoms with Crippen molar-refractivity contribution in [1.82, 2.24) is 10.3 Å². The van der Waals surface area contributed by atoms with Gasteiger partial charge in [0, 0.05) is 50.8 Å². The fraction of sp³-hybridized carbons (Fsp3) is 0.276. The monoisotopic (exact) mass is 483 g/mol. The van der Waals surface area contributed by atoms with Crippen LogP contribution < -0.4 is 10.6 Å². The molecule has 1 aliphatic carbocycles. The van der Waals surface area contributed by atoms with Gasteiger partial charge in [-0.15, -0.1) is 11.3 Å². The number of nitrogens with zero attached hydrogens (tertiary/aromatic N) is 1. The van der Waals surface area contributed by atoms with E-state index in [1.807, 2.05) is 44.2 Å². The molecule has 0 fully saturated rings. The van der Waals surface area contributed by atoms with Crippen LogP contribution in [0, 0.1) is 20.8 Å². The highest BCUT2D eigenvalue weighted by Gasteiger charge is 2.41. The predicted octanol–water partition coefficient (Wildman–Crippen LogP) is 6.07. The Labute approximate surface area is 210 Å². The van der Waals surface area contributed by atoms with Crippen LogP contribution in [0.25, 0.3) is 0 Å². The average Bonchev–Trinajstić information content (AvgIpc) is 3.16.